The van der Waals surface area contributed by atoms with Crippen molar-refractivity contribution < 1.29 is 4.79 Å². The summed E-state index contributed by atoms with van der Waals surface area (Å²) in [6.45, 7) is 7.75. The second-order valence-electron chi connectivity index (χ2n) is 6.26. The highest BCUT2D eigenvalue weighted by molar-refractivity contribution is 5.90. The molecule has 0 radical (unpaired) electrons. The summed E-state index contributed by atoms with van der Waals surface area (Å²) < 4.78 is 2.97. The third-order valence-corrected chi connectivity index (χ3v) is 4.51. The number of aromatic nitrogens is 4. The fraction of sp³-hybridized carbons (Fsp3) is 0.368. The molecule has 1 amide bonds. The average molecular weight is 368 g/mol. The van der Waals surface area contributed by atoms with E-state index in [2.05, 4.69) is 34.3 Å². The van der Waals surface area contributed by atoms with Gasteiger partial charge in [0.15, 0.2) is 0 Å². The number of nitrogens with one attached hydrogen (secondary N) is 1. The number of carbonyl (C=O) groups excluding carboxylic acids is 1. The summed E-state index contributed by atoms with van der Waals surface area (Å²) in [4.78, 5) is 27.0. The molecule has 0 fully saturated rings. The van der Waals surface area contributed by atoms with E-state index in [9.17, 15) is 9.59 Å². The first-order chi connectivity index (χ1) is 13.1. The molecule has 8 nitrogen and oxygen atoms in total. The zero-order valence-electron chi connectivity index (χ0n) is 15.6. The standard InChI is InChI=1S/C19H24N6O2/c1-3-23(4-2)9-10-24-13-16(12-20-24)22-18(26)14-25-19(27)17-8-6-5-7-15(17)11-21-25/h5-8,11-13H,3-4,9-10,14H2,1-2H3,(H,22,26). The smallest absolute Gasteiger partial charge is 0.275 e. The second-order valence-corrected chi connectivity index (χ2v) is 6.26. The highest BCUT2D eigenvalue weighted by Crippen LogP contribution is 2.07. The lowest BCUT2D eigenvalue weighted by Crippen LogP contribution is -2.29. The molecule has 142 valence electrons. The minimum Gasteiger partial charge on any atom is -0.322 e. The molecular formula is C19H24N6O2. The van der Waals surface area contributed by atoms with Gasteiger partial charge in [0.05, 0.1) is 30.0 Å². The first kappa shape index (κ1) is 18.8. The molecule has 3 aromatic rings. The third kappa shape index (κ3) is 4.59. The van der Waals surface area contributed by atoms with Crippen molar-refractivity contribution in [3.05, 3.63) is 53.2 Å². The zero-order chi connectivity index (χ0) is 19.2. The number of carbonyl (C=O) groups is 1. The van der Waals surface area contributed by atoms with Gasteiger partial charge in [-0.3, -0.25) is 14.3 Å². The van der Waals surface area contributed by atoms with E-state index in [1.807, 2.05) is 12.1 Å². The van der Waals surface area contributed by atoms with Crippen LogP contribution in [-0.2, 0) is 17.9 Å². The monoisotopic (exact) mass is 368 g/mol. The molecule has 1 N–H and O–H groups in total. The van der Waals surface area contributed by atoms with Gasteiger partial charge in [0.25, 0.3) is 5.56 Å². The maximum absolute atomic E-state index is 12.4. The number of likely N-dealkylation sites (N-methyl/N-ethyl adjacent to an activating group) is 1. The van der Waals surface area contributed by atoms with Crippen LogP contribution >= 0.6 is 0 Å². The van der Waals surface area contributed by atoms with Crippen LogP contribution in [0.25, 0.3) is 10.8 Å². The van der Waals surface area contributed by atoms with Crippen LogP contribution in [0.4, 0.5) is 5.69 Å². The van der Waals surface area contributed by atoms with E-state index < -0.39 is 0 Å². The number of fused-ring (bicyclic) bond motifs is 1. The quantitative estimate of drug-likeness (QED) is 0.652. The summed E-state index contributed by atoms with van der Waals surface area (Å²) >= 11 is 0. The SMILES string of the molecule is CCN(CC)CCn1cc(NC(=O)Cn2ncc3ccccc3c2=O)cn1. The van der Waals surface area contributed by atoms with Crippen LogP contribution in [0.2, 0.25) is 0 Å². The van der Waals surface area contributed by atoms with Crippen molar-refractivity contribution in [3.8, 4) is 0 Å². The molecule has 0 aliphatic heterocycles. The van der Waals surface area contributed by atoms with Crippen LogP contribution in [0.1, 0.15) is 13.8 Å². The Labute approximate surface area is 157 Å². The Morgan fingerprint density at radius 1 is 1.15 bits per heavy atom. The number of nitrogens with zero attached hydrogens (tertiary/aromatic N) is 5. The normalized spacial score (nSPS) is 11.2. The Hall–Kier alpha value is -3.00. The lowest BCUT2D eigenvalue weighted by molar-refractivity contribution is -0.117. The first-order valence-corrected chi connectivity index (χ1v) is 9.10. The molecule has 3 rings (SSSR count). The minimum atomic E-state index is -0.317. The van der Waals surface area contributed by atoms with E-state index in [0.29, 0.717) is 11.1 Å². The molecule has 8 heteroatoms. The van der Waals surface area contributed by atoms with Crippen molar-refractivity contribution in [3.63, 3.8) is 0 Å². The van der Waals surface area contributed by atoms with E-state index in [1.54, 1.807) is 35.4 Å². The molecule has 0 aliphatic rings. The Bertz CT molecular complexity index is 973. The van der Waals surface area contributed by atoms with Gasteiger partial charge in [0.2, 0.25) is 5.91 Å². The molecule has 0 atom stereocenters. The highest BCUT2D eigenvalue weighted by Gasteiger charge is 2.10. The molecule has 0 saturated heterocycles. The van der Waals surface area contributed by atoms with Crippen molar-refractivity contribution in [1.29, 1.82) is 0 Å². The molecule has 2 aromatic heterocycles. The van der Waals surface area contributed by atoms with E-state index >= 15 is 0 Å². The summed E-state index contributed by atoms with van der Waals surface area (Å²) in [5.41, 5.74) is 0.326. The van der Waals surface area contributed by atoms with Crippen LogP contribution in [-0.4, -0.2) is 50.0 Å². The van der Waals surface area contributed by atoms with Gasteiger partial charge in [0, 0.05) is 18.1 Å². The van der Waals surface area contributed by atoms with Crippen molar-refractivity contribution in [2.45, 2.75) is 26.9 Å². The van der Waals surface area contributed by atoms with Gasteiger partial charge in [-0.15, -0.1) is 0 Å². The zero-order valence-corrected chi connectivity index (χ0v) is 15.6. The van der Waals surface area contributed by atoms with E-state index in [1.165, 1.54) is 4.68 Å². The molecule has 0 unspecified atom stereocenters. The largest absolute Gasteiger partial charge is 0.322 e. The topological polar surface area (TPSA) is 85.0 Å². The molecule has 0 saturated carbocycles. The van der Waals surface area contributed by atoms with Crippen LogP contribution in [0.5, 0.6) is 0 Å². The van der Waals surface area contributed by atoms with Crippen molar-refractivity contribution in [1.82, 2.24) is 24.5 Å². The average Bonchev–Trinajstić information content (AvgIpc) is 3.12. The Morgan fingerprint density at radius 2 is 1.93 bits per heavy atom. The van der Waals surface area contributed by atoms with Crippen LogP contribution in [0, 0.1) is 0 Å². The van der Waals surface area contributed by atoms with Gasteiger partial charge in [-0.25, -0.2) is 4.68 Å². The summed E-state index contributed by atoms with van der Waals surface area (Å²) in [6, 6.07) is 7.19. The van der Waals surface area contributed by atoms with Gasteiger partial charge in [-0.05, 0) is 19.2 Å². The number of hydrogen-bond donors (Lipinski definition) is 1. The number of benzene rings is 1. The predicted molar refractivity (Wildman–Crippen MR) is 105 cm³/mol. The van der Waals surface area contributed by atoms with E-state index in [-0.39, 0.29) is 18.0 Å². The Morgan fingerprint density at radius 3 is 2.70 bits per heavy atom. The van der Waals surface area contributed by atoms with E-state index in [0.717, 1.165) is 31.6 Å². The molecular weight excluding hydrogens is 344 g/mol. The predicted octanol–water partition coefficient (Wildman–Crippen LogP) is 1.57. The molecule has 0 aliphatic carbocycles. The Kier molecular flexibility index (Phi) is 5.97. The summed E-state index contributed by atoms with van der Waals surface area (Å²) in [5, 5.41) is 12.4. The second kappa shape index (κ2) is 8.59. The minimum absolute atomic E-state index is 0.145. The molecule has 1 aromatic carbocycles. The van der Waals surface area contributed by atoms with Crippen molar-refractivity contribution >= 4 is 22.4 Å². The maximum Gasteiger partial charge on any atom is 0.275 e. The first-order valence-electron chi connectivity index (χ1n) is 9.10. The fourth-order valence-electron chi connectivity index (χ4n) is 2.91. The summed E-state index contributed by atoms with van der Waals surface area (Å²) in [5.74, 6) is -0.317. The van der Waals surface area contributed by atoms with Crippen molar-refractivity contribution in [2.24, 2.45) is 0 Å². The highest BCUT2D eigenvalue weighted by atomic mass is 16.2. The number of rotatable bonds is 8. The van der Waals surface area contributed by atoms with Gasteiger partial charge in [-0.2, -0.15) is 10.2 Å². The van der Waals surface area contributed by atoms with Crippen LogP contribution < -0.4 is 10.9 Å². The molecule has 27 heavy (non-hydrogen) atoms. The molecule has 2 heterocycles. The van der Waals surface area contributed by atoms with Crippen LogP contribution in [0.3, 0.4) is 0 Å². The fourth-order valence-corrected chi connectivity index (χ4v) is 2.91. The lowest BCUT2D eigenvalue weighted by Gasteiger charge is -2.17. The molecule has 0 spiro atoms. The van der Waals surface area contributed by atoms with Gasteiger partial charge >= 0.3 is 0 Å². The van der Waals surface area contributed by atoms with Crippen LogP contribution in [0.15, 0.2) is 47.7 Å². The van der Waals surface area contributed by atoms with Gasteiger partial charge in [-0.1, -0.05) is 32.0 Å². The Balaban J connectivity index is 1.62. The number of hydrogen-bond acceptors (Lipinski definition) is 5. The van der Waals surface area contributed by atoms with E-state index in [4.69, 9.17) is 0 Å². The third-order valence-electron chi connectivity index (χ3n) is 4.51. The number of amides is 1. The van der Waals surface area contributed by atoms with Gasteiger partial charge < -0.3 is 10.2 Å². The maximum atomic E-state index is 12.4. The molecule has 0 bridgehead atoms. The lowest BCUT2D eigenvalue weighted by atomic mass is 10.2. The summed E-state index contributed by atoms with van der Waals surface area (Å²) in [6.07, 6.45) is 4.99. The van der Waals surface area contributed by atoms with Gasteiger partial charge in [0.1, 0.15) is 6.54 Å². The summed E-state index contributed by atoms with van der Waals surface area (Å²) in [7, 11) is 0. The number of anilines is 1. The van der Waals surface area contributed by atoms with Crippen molar-refractivity contribution in [2.75, 3.05) is 25.0 Å².